The summed E-state index contributed by atoms with van der Waals surface area (Å²) in [6.45, 7) is 3.92. The number of para-hydroxylation sites is 2. The Morgan fingerprint density at radius 3 is 2.00 bits per heavy atom. The first kappa shape index (κ1) is 15.3. The van der Waals surface area contributed by atoms with Crippen molar-refractivity contribution < 1.29 is 0 Å². The van der Waals surface area contributed by atoms with Crippen molar-refractivity contribution in [2.45, 2.75) is 13.8 Å². The topological polar surface area (TPSA) is 49.8 Å². The first-order chi connectivity index (χ1) is 11.1. The molecule has 2 aromatic carbocycles. The molecule has 23 heavy (non-hydrogen) atoms. The van der Waals surface area contributed by atoms with Crippen LogP contribution in [0.5, 0.6) is 0 Å². The zero-order valence-electron chi connectivity index (χ0n) is 13.0. The second kappa shape index (κ2) is 6.67. The molecule has 4 nitrogen and oxygen atoms in total. The van der Waals surface area contributed by atoms with E-state index in [0.717, 1.165) is 22.8 Å². The molecule has 0 fully saturated rings. The molecule has 0 radical (unpaired) electrons. The van der Waals surface area contributed by atoms with E-state index < -0.39 is 0 Å². The van der Waals surface area contributed by atoms with E-state index in [-0.39, 0.29) is 0 Å². The van der Waals surface area contributed by atoms with Crippen LogP contribution in [0.25, 0.3) is 0 Å². The zero-order chi connectivity index (χ0) is 16.2. The van der Waals surface area contributed by atoms with Gasteiger partial charge in [-0.05, 0) is 37.6 Å². The van der Waals surface area contributed by atoms with E-state index in [0.29, 0.717) is 16.7 Å². The molecule has 1 aromatic heterocycles. The van der Waals surface area contributed by atoms with E-state index in [1.165, 1.54) is 0 Å². The van der Waals surface area contributed by atoms with Crippen molar-refractivity contribution in [1.29, 1.82) is 0 Å². The second-order valence-corrected chi connectivity index (χ2v) is 5.64. The quantitative estimate of drug-likeness (QED) is 0.689. The summed E-state index contributed by atoms with van der Waals surface area (Å²) >= 11 is 6.18. The molecule has 0 amide bonds. The highest BCUT2D eigenvalue weighted by atomic mass is 35.5. The number of hydrogen-bond donors (Lipinski definition) is 2. The fourth-order valence-corrected chi connectivity index (χ4v) is 2.43. The number of rotatable bonds is 4. The van der Waals surface area contributed by atoms with Crippen molar-refractivity contribution in [3.63, 3.8) is 0 Å². The Morgan fingerprint density at radius 2 is 1.35 bits per heavy atom. The predicted molar refractivity (Wildman–Crippen MR) is 96.0 cm³/mol. The molecule has 3 rings (SSSR count). The number of benzene rings is 2. The molecule has 0 spiro atoms. The minimum absolute atomic E-state index is 0.650. The van der Waals surface area contributed by atoms with Crippen LogP contribution in [0.3, 0.4) is 0 Å². The number of nitrogens with one attached hydrogen (secondary N) is 2. The Balaban J connectivity index is 1.88. The van der Waals surface area contributed by atoms with E-state index in [1.807, 2.05) is 55.5 Å². The van der Waals surface area contributed by atoms with Gasteiger partial charge >= 0.3 is 0 Å². The van der Waals surface area contributed by atoms with Crippen molar-refractivity contribution in [2.75, 3.05) is 10.6 Å². The lowest BCUT2D eigenvalue weighted by molar-refractivity contribution is 1.06. The lowest BCUT2D eigenvalue weighted by Gasteiger charge is -2.12. The Labute approximate surface area is 140 Å². The molecule has 0 aliphatic heterocycles. The highest BCUT2D eigenvalue weighted by Crippen LogP contribution is 2.26. The van der Waals surface area contributed by atoms with Crippen LogP contribution in [0, 0.1) is 13.8 Å². The fraction of sp³-hybridized carbons (Fsp3) is 0.111. The Kier molecular flexibility index (Phi) is 4.44. The zero-order valence-corrected chi connectivity index (χ0v) is 13.7. The number of anilines is 4. The molecule has 2 N–H and O–H groups in total. The third-order valence-corrected chi connectivity index (χ3v) is 3.71. The van der Waals surface area contributed by atoms with Gasteiger partial charge in [0.2, 0.25) is 0 Å². The van der Waals surface area contributed by atoms with Gasteiger partial charge in [0.1, 0.15) is 17.5 Å². The molecule has 0 atom stereocenters. The van der Waals surface area contributed by atoms with E-state index >= 15 is 0 Å². The third kappa shape index (κ3) is 3.79. The third-order valence-electron chi connectivity index (χ3n) is 3.38. The lowest BCUT2D eigenvalue weighted by atomic mass is 10.2. The minimum atomic E-state index is 0.650. The molecular formula is C18H17ClN4. The van der Waals surface area contributed by atoms with Crippen LogP contribution in [0.2, 0.25) is 5.02 Å². The maximum Gasteiger partial charge on any atom is 0.136 e. The molecule has 0 aliphatic rings. The summed E-state index contributed by atoms with van der Waals surface area (Å²) in [5, 5.41) is 7.21. The molecule has 0 unspecified atom stereocenters. The average Bonchev–Trinajstić information content (AvgIpc) is 2.51. The lowest BCUT2D eigenvalue weighted by Crippen LogP contribution is -2.02. The smallest absolute Gasteiger partial charge is 0.136 e. The van der Waals surface area contributed by atoms with Crippen LogP contribution in [-0.4, -0.2) is 9.97 Å². The molecule has 0 aliphatic carbocycles. The molecule has 116 valence electrons. The van der Waals surface area contributed by atoms with Crippen LogP contribution in [-0.2, 0) is 0 Å². The van der Waals surface area contributed by atoms with Crippen molar-refractivity contribution in [1.82, 2.24) is 9.97 Å². The molecule has 0 bridgehead atoms. The predicted octanol–water partition coefficient (Wildman–Crippen LogP) is 5.23. The molecular weight excluding hydrogens is 308 g/mol. The first-order valence-corrected chi connectivity index (χ1v) is 7.69. The number of nitrogens with zero attached hydrogens (tertiary/aromatic N) is 2. The summed E-state index contributed by atoms with van der Waals surface area (Å²) in [5.74, 6) is 2.11. The maximum absolute atomic E-state index is 6.18. The molecule has 1 heterocycles. The van der Waals surface area contributed by atoms with Crippen LogP contribution in [0.15, 0.2) is 54.6 Å². The van der Waals surface area contributed by atoms with Crippen LogP contribution in [0.4, 0.5) is 23.0 Å². The monoisotopic (exact) mass is 324 g/mol. The van der Waals surface area contributed by atoms with Crippen molar-refractivity contribution in [3.8, 4) is 0 Å². The van der Waals surface area contributed by atoms with Gasteiger partial charge in [-0.2, -0.15) is 0 Å². The molecule has 3 aromatic rings. The van der Waals surface area contributed by atoms with Gasteiger partial charge < -0.3 is 10.6 Å². The molecule has 0 saturated heterocycles. The second-order valence-electron chi connectivity index (χ2n) is 5.23. The fourth-order valence-electron chi connectivity index (χ4n) is 2.25. The van der Waals surface area contributed by atoms with Gasteiger partial charge in [0.05, 0.1) is 10.7 Å². The summed E-state index contributed by atoms with van der Waals surface area (Å²) in [7, 11) is 0. The van der Waals surface area contributed by atoms with Crippen molar-refractivity contribution in [2.24, 2.45) is 0 Å². The first-order valence-electron chi connectivity index (χ1n) is 7.32. The van der Waals surface area contributed by atoms with Gasteiger partial charge in [0, 0.05) is 11.8 Å². The summed E-state index contributed by atoms with van der Waals surface area (Å²) in [4.78, 5) is 8.85. The van der Waals surface area contributed by atoms with Gasteiger partial charge in [-0.1, -0.05) is 41.9 Å². The van der Waals surface area contributed by atoms with Gasteiger partial charge in [-0.3, -0.25) is 0 Å². The van der Waals surface area contributed by atoms with Gasteiger partial charge in [0.15, 0.2) is 0 Å². The largest absolute Gasteiger partial charge is 0.340 e. The average molecular weight is 325 g/mol. The van der Waals surface area contributed by atoms with E-state index in [1.54, 1.807) is 0 Å². The minimum Gasteiger partial charge on any atom is -0.340 e. The maximum atomic E-state index is 6.18. The van der Waals surface area contributed by atoms with E-state index in [4.69, 9.17) is 11.6 Å². The van der Waals surface area contributed by atoms with Gasteiger partial charge in [-0.15, -0.1) is 0 Å². The normalized spacial score (nSPS) is 10.4. The van der Waals surface area contributed by atoms with E-state index in [2.05, 4.69) is 33.6 Å². The Morgan fingerprint density at radius 1 is 0.783 bits per heavy atom. The SMILES string of the molecule is Cc1nc(Nc2ccccc2C)cc(Nc2ccccc2Cl)n1. The number of aryl methyl sites for hydroxylation is 2. The van der Waals surface area contributed by atoms with Crippen LogP contribution >= 0.6 is 11.6 Å². The summed E-state index contributed by atoms with van der Waals surface area (Å²) < 4.78 is 0. The Hall–Kier alpha value is -2.59. The van der Waals surface area contributed by atoms with Gasteiger partial charge in [0.25, 0.3) is 0 Å². The highest BCUT2D eigenvalue weighted by Gasteiger charge is 2.06. The number of hydrogen-bond acceptors (Lipinski definition) is 4. The molecule has 0 saturated carbocycles. The van der Waals surface area contributed by atoms with Crippen molar-refractivity contribution >= 4 is 34.6 Å². The number of aromatic nitrogens is 2. The number of halogens is 1. The Bertz CT molecular complexity index is 767. The van der Waals surface area contributed by atoms with Crippen LogP contribution < -0.4 is 10.6 Å². The summed E-state index contributed by atoms with van der Waals surface area (Å²) in [6, 6.07) is 17.5. The van der Waals surface area contributed by atoms with Crippen molar-refractivity contribution in [3.05, 3.63) is 71.0 Å². The van der Waals surface area contributed by atoms with Crippen LogP contribution in [0.1, 0.15) is 11.4 Å². The summed E-state index contributed by atoms with van der Waals surface area (Å²) in [6.07, 6.45) is 0. The van der Waals surface area contributed by atoms with E-state index in [9.17, 15) is 0 Å². The summed E-state index contributed by atoms with van der Waals surface area (Å²) in [5.41, 5.74) is 2.99. The molecule has 5 heteroatoms. The van der Waals surface area contributed by atoms with Gasteiger partial charge in [-0.25, -0.2) is 9.97 Å². The standard InChI is InChI=1S/C18H17ClN4/c1-12-7-3-5-9-15(12)22-17-11-18(21-13(2)20-17)23-16-10-6-4-8-14(16)19/h3-11H,1-2H3,(H2,20,21,22,23). The highest BCUT2D eigenvalue weighted by molar-refractivity contribution is 6.33.